The summed E-state index contributed by atoms with van der Waals surface area (Å²) >= 11 is 0. The Bertz CT molecular complexity index is 1640. The van der Waals surface area contributed by atoms with Crippen LogP contribution in [-0.4, -0.2) is 55.0 Å². The molecule has 9 nitrogen and oxygen atoms in total. The zero-order valence-corrected chi connectivity index (χ0v) is 22.8. The van der Waals surface area contributed by atoms with Gasteiger partial charge in [-0.3, -0.25) is 14.2 Å². The van der Waals surface area contributed by atoms with Gasteiger partial charge in [-0.05, 0) is 57.4 Å². The van der Waals surface area contributed by atoms with Crippen molar-refractivity contribution in [3.05, 3.63) is 70.8 Å². The minimum absolute atomic E-state index is 0.0238. The van der Waals surface area contributed by atoms with Gasteiger partial charge in [0, 0.05) is 65.9 Å². The molecular formula is C30H31FN6O3. The Balaban J connectivity index is 1.32. The van der Waals surface area contributed by atoms with Gasteiger partial charge in [-0.2, -0.15) is 0 Å². The molecule has 3 aliphatic heterocycles. The van der Waals surface area contributed by atoms with E-state index in [0.29, 0.717) is 42.3 Å². The highest BCUT2D eigenvalue weighted by Crippen LogP contribution is 2.37. The Morgan fingerprint density at radius 3 is 2.73 bits per heavy atom. The van der Waals surface area contributed by atoms with E-state index in [2.05, 4.69) is 29.1 Å². The smallest absolute Gasteiger partial charge is 0.275 e. The van der Waals surface area contributed by atoms with E-state index in [1.54, 1.807) is 23.0 Å². The fraction of sp³-hybridized carbons (Fsp3) is 0.400. The topological polar surface area (TPSA) is 93.9 Å². The second-order valence-electron chi connectivity index (χ2n) is 11.1. The van der Waals surface area contributed by atoms with Crippen molar-refractivity contribution >= 4 is 17.4 Å². The number of aromatic nitrogens is 4. The minimum atomic E-state index is -0.286. The van der Waals surface area contributed by atoms with Crippen molar-refractivity contribution in [2.75, 3.05) is 11.9 Å². The number of imidazole rings is 1. The lowest BCUT2D eigenvalue weighted by Crippen LogP contribution is -2.47. The van der Waals surface area contributed by atoms with E-state index in [-0.39, 0.29) is 36.5 Å². The number of carbonyl (C=O) groups is 1. The third-order valence-electron chi connectivity index (χ3n) is 8.26. The highest BCUT2D eigenvalue weighted by atomic mass is 19.1. The molecule has 1 fully saturated rings. The molecule has 4 aromatic rings. The molecule has 206 valence electrons. The van der Waals surface area contributed by atoms with Gasteiger partial charge in [0.2, 0.25) is 5.95 Å². The van der Waals surface area contributed by atoms with Crippen LogP contribution in [0.4, 0.5) is 10.3 Å². The Morgan fingerprint density at radius 1 is 1.10 bits per heavy atom. The number of anilines is 1. The Labute approximate surface area is 231 Å². The average Bonchev–Trinajstić information content (AvgIpc) is 3.58. The number of hydrogen-bond donors (Lipinski definition) is 1. The van der Waals surface area contributed by atoms with Gasteiger partial charge in [0.25, 0.3) is 5.91 Å². The minimum Gasteiger partial charge on any atom is -0.493 e. The molecule has 1 N–H and O–H groups in total. The lowest BCUT2D eigenvalue weighted by atomic mass is 9.94. The number of halogens is 1. The first-order valence-corrected chi connectivity index (χ1v) is 13.8. The number of ether oxygens (including phenoxy) is 2. The highest BCUT2D eigenvalue weighted by molar-refractivity contribution is 6.04. The molecule has 3 aliphatic rings. The maximum atomic E-state index is 14.8. The molecule has 0 radical (unpaired) electrons. The largest absolute Gasteiger partial charge is 0.493 e. The van der Waals surface area contributed by atoms with E-state index >= 15 is 0 Å². The average molecular weight is 543 g/mol. The number of amides is 1. The van der Waals surface area contributed by atoms with Crippen LogP contribution in [0.3, 0.4) is 0 Å². The van der Waals surface area contributed by atoms with Crippen molar-refractivity contribution in [3.8, 4) is 16.9 Å². The molecule has 2 unspecified atom stereocenters. The second kappa shape index (κ2) is 9.55. The molecule has 1 aromatic carbocycles. The van der Waals surface area contributed by atoms with E-state index in [4.69, 9.17) is 14.5 Å². The quantitative estimate of drug-likeness (QED) is 0.400. The molecular weight excluding hydrogens is 511 g/mol. The summed E-state index contributed by atoms with van der Waals surface area (Å²) in [7, 11) is 0. The molecule has 0 bridgehead atoms. The van der Waals surface area contributed by atoms with Crippen LogP contribution in [0, 0.1) is 12.7 Å². The summed E-state index contributed by atoms with van der Waals surface area (Å²) in [6.07, 6.45) is 7.55. The molecule has 0 spiro atoms. The van der Waals surface area contributed by atoms with Gasteiger partial charge in [-0.15, -0.1) is 0 Å². The number of nitrogens with zero attached hydrogens (tertiary/aromatic N) is 5. The molecule has 0 saturated carbocycles. The normalized spacial score (nSPS) is 21.9. The van der Waals surface area contributed by atoms with Crippen LogP contribution in [0.1, 0.15) is 59.6 Å². The van der Waals surface area contributed by atoms with Crippen LogP contribution in [0.15, 0.2) is 36.9 Å². The van der Waals surface area contributed by atoms with Gasteiger partial charge in [-0.25, -0.2) is 14.4 Å². The van der Waals surface area contributed by atoms with Crippen molar-refractivity contribution in [2.45, 2.75) is 71.4 Å². The summed E-state index contributed by atoms with van der Waals surface area (Å²) in [6.45, 7) is 7.31. The molecule has 1 amide bonds. The van der Waals surface area contributed by atoms with Crippen LogP contribution < -0.4 is 10.1 Å². The number of nitrogens with one attached hydrogen (secondary N) is 1. The van der Waals surface area contributed by atoms with Crippen LogP contribution >= 0.6 is 0 Å². The monoisotopic (exact) mass is 542 g/mol. The van der Waals surface area contributed by atoms with Crippen molar-refractivity contribution in [1.29, 1.82) is 0 Å². The molecule has 3 aromatic heterocycles. The first-order valence-electron chi connectivity index (χ1n) is 13.8. The van der Waals surface area contributed by atoms with Gasteiger partial charge in [0.05, 0.1) is 24.3 Å². The summed E-state index contributed by atoms with van der Waals surface area (Å²) < 4.78 is 28.2. The fourth-order valence-corrected chi connectivity index (χ4v) is 6.47. The van der Waals surface area contributed by atoms with E-state index in [0.717, 1.165) is 46.5 Å². The van der Waals surface area contributed by atoms with Crippen LogP contribution in [-0.2, 0) is 24.2 Å². The van der Waals surface area contributed by atoms with E-state index in [1.165, 1.54) is 6.07 Å². The number of rotatable bonds is 4. The maximum absolute atomic E-state index is 14.8. The molecule has 2 atom stereocenters. The van der Waals surface area contributed by atoms with Gasteiger partial charge in [0.15, 0.2) is 5.69 Å². The van der Waals surface area contributed by atoms with E-state index < -0.39 is 0 Å². The SMILES string of the molecule is Cc1cc2c(cn1)-c1cnc(NCc3c(F)ccc4c3CCO4)n3cnc(c13)C(=O)N(C1CC(C)OC(C)C1)C2. The molecule has 1 saturated heterocycles. The first kappa shape index (κ1) is 25.0. The van der Waals surface area contributed by atoms with Crippen molar-refractivity contribution < 1.29 is 18.7 Å². The molecule has 10 heteroatoms. The summed E-state index contributed by atoms with van der Waals surface area (Å²) in [6, 6.07) is 5.19. The van der Waals surface area contributed by atoms with Gasteiger partial charge in [-0.1, -0.05) is 0 Å². The fourth-order valence-electron chi connectivity index (χ4n) is 6.47. The Morgan fingerprint density at radius 2 is 1.90 bits per heavy atom. The third kappa shape index (κ3) is 4.09. The van der Waals surface area contributed by atoms with Crippen LogP contribution in [0.2, 0.25) is 0 Å². The number of fused-ring (bicyclic) bond motifs is 3. The Hall–Kier alpha value is -4.05. The standard InChI is InChI=1S/C30H31FN6O3/c1-16-8-19-14-36(20-9-17(2)40-18(3)10-20)29(38)27-28-24(22(19)11-32-16)13-34-30(37(28)15-35-27)33-12-23-21-6-7-39-26(21)5-4-25(23)31/h4-5,8,11,13,15,17-18,20H,6-7,9-10,12,14H2,1-3H3,(H,33,34). The molecule has 7 rings (SSSR count). The first-order chi connectivity index (χ1) is 19.4. The van der Waals surface area contributed by atoms with Crippen LogP contribution in [0.5, 0.6) is 5.75 Å². The number of aryl methyl sites for hydroxylation is 1. The molecule has 0 aliphatic carbocycles. The summed E-state index contributed by atoms with van der Waals surface area (Å²) in [5.74, 6) is 0.798. The van der Waals surface area contributed by atoms with Gasteiger partial charge < -0.3 is 19.7 Å². The zero-order chi connectivity index (χ0) is 27.5. The molecule has 6 heterocycles. The molecule has 40 heavy (non-hydrogen) atoms. The van der Waals surface area contributed by atoms with E-state index in [9.17, 15) is 9.18 Å². The van der Waals surface area contributed by atoms with Crippen molar-refractivity contribution in [1.82, 2.24) is 24.3 Å². The van der Waals surface area contributed by atoms with Crippen LogP contribution in [0.25, 0.3) is 16.6 Å². The number of carbonyl (C=O) groups excluding carboxylic acids is 1. The lowest BCUT2D eigenvalue weighted by Gasteiger charge is -2.40. The van der Waals surface area contributed by atoms with Gasteiger partial charge in [0.1, 0.15) is 17.9 Å². The third-order valence-corrected chi connectivity index (χ3v) is 8.26. The summed E-state index contributed by atoms with van der Waals surface area (Å²) in [5.41, 5.74) is 6.10. The number of hydrogen-bond acceptors (Lipinski definition) is 7. The number of benzene rings is 1. The predicted octanol–water partition coefficient (Wildman–Crippen LogP) is 4.70. The maximum Gasteiger partial charge on any atom is 0.275 e. The van der Waals surface area contributed by atoms with Gasteiger partial charge >= 0.3 is 0 Å². The Kier molecular flexibility index (Phi) is 5.96. The van der Waals surface area contributed by atoms with E-state index in [1.807, 2.05) is 24.1 Å². The lowest BCUT2D eigenvalue weighted by molar-refractivity contribution is -0.0611. The summed E-state index contributed by atoms with van der Waals surface area (Å²) in [5, 5.41) is 3.29. The zero-order valence-electron chi connectivity index (χ0n) is 22.8. The summed E-state index contributed by atoms with van der Waals surface area (Å²) in [4.78, 5) is 30.1. The van der Waals surface area contributed by atoms with Crippen molar-refractivity contribution in [2.24, 2.45) is 0 Å². The highest BCUT2D eigenvalue weighted by Gasteiger charge is 2.36. The second-order valence-corrected chi connectivity index (χ2v) is 11.1. The van der Waals surface area contributed by atoms with Crippen molar-refractivity contribution in [3.63, 3.8) is 0 Å². The predicted molar refractivity (Wildman–Crippen MR) is 147 cm³/mol. The number of pyridine rings is 1.